The summed E-state index contributed by atoms with van der Waals surface area (Å²) in [7, 11) is 0. The molecule has 0 saturated heterocycles. The summed E-state index contributed by atoms with van der Waals surface area (Å²) in [6.45, 7) is 15.0. The van der Waals surface area contributed by atoms with E-state index in [1.165, 1.54) is 6.92 Å². The van der Waals surface area contributed by atoms with E-state index >= 15 is 0 Å². The zero-order valence-electron chi connectivity index (χ0n) is 13.3. The molecular weight excluding hydrogens is 242 g/mol. The molecule has 0 rings (SSSR count). The third kappa shape index (κ3) is 19.2. The molecule has 4 nitrogen and oxygen atoms in total. The summed E-state index contributed by atoms with van der Waals surface area (Å²) < 4.78 is 5.07. The van der Waals surface area contributed by atoms with E-state index in [9.17, 15) is 9.59 Å². The van der Waals surface area contributed by atoms with Crippen LogP contribution in [0.4, 0.5) is 4.79 Å². The molecule has 1 amide bonds. The maximum atomic E-state index is 11.1. The summed E-state index contributed by atoms with van der Waals surface area (Å²) in [5, 5.41) is 2.71. The van der Waals surface area contributed by atoms with Crippen molar-refractivity contribution in [2.45, 2.75) is 66.4 Å². The highest BCUT2D eigenvalue weighted by molar-refractivity contribution is 5.91. The minimum absolute atomic E-state index is 0.0648. The van der Waals surface area contributed by atoms with E-state index in [-0.39, 0.29) is 11.9 Å². The van der Waals surface area contributed by atoms with Gasteiger partial charge in [0, 0.05) is 6.54 Å². The van der Waals surface area contributed by atoms with E-state index < -0.39 is 5.60 Å². The van der Waals surface area contributed by atoms with Crippen molar-refractivity contribution in [2.24, 2.45) is 0 Å². The van der Waals surface area contributed by atoms with Crippen LogP contribution in [0.2, 0.25) is 0 Å². The van der Waals surface area contributed by atoms with Crippen molar-refractivity contribution in [1.82, 2.24) is 5.32 Å². The second kappa shape index (κ2) is 10.6. The zero-order valence-corrected chi connectivity index (χ0v) is 13.3. The number of rotatable bonds is 5. The van der Waals surface area contributed by atoms with Crippen LogP contribution in [0, 0.1) is 0 Å². The van der Waals surface area contributed by atoms with E-state index in [4.69, 9.17) is 4.74 Å². The summed E-state index contributed by atoms with van der Waals surface area (Å²) in [5.74, 6) is 0.0648. The summed E-state index contributed by atoms with van der Waals surface area (Å²) in [5.41, 5.74) is 0.226. The maximum Gasteiger partial charge on any atom is 0.407 e. The van der Waals surface area contributed by atoms with Crippen LogP contribution in [0.25, 0.3) is 0 Å². The Bertz CT molecular complexity index is 278. The molecule has 1 N–H and O–H groups in total. The number of ketones is 1. The van der Waals surface area contributed by atoms with Crippen molar-refractivity contribution >= 4 is 11.9 Å². The number of Topliss-reactive ketones (excluding diaryl/α,β-unsaturated/α-hetero) is 1. The molecule has 0 fully saturated rings. The molecule has 0 aromatic carbocycles. The molecule has 0 bridgehead atoms. The van der Waals surface area contributed by atoms with Crippen LogP contribution in [0.5, 0.6) is 0 Å². The van der Waals surface area contributed by atoms with Crippen molar-refractivity contribution in [2.75, 3.05) is 6.54 Å². The van der Waals surface area contributed by atoms with Crippen molar-refractivity contribution in [3.8, 4) is 0 Å². The fraction of sp³-hybridized carbons (Fsp3) is 0.733. The monoisotopic (exact) mass is 271 g/mol. The highest BCUT2D eigenvalue weighted by atomic mass is 16.6. The number of alkyl carbamates (subject to hydrolysis) is 1. The molecule has 0 aromatic rings. The first-order chi connectivity index (χ1) is 8.60. The number of ether oxygens (including phenoxy) is 1. The number of carbonyl (C=O) groups is 2. The van der Waals surface area contributed by atoms with Gasteiger partial charge in [0.2, 0.25) is 0 Å². The maximum absolute atomic E-state index is 11.1. The lowest BCUT2D eigenvalue weighted by Gasteiger charge is -2.19. The van der Waals surface area contributed by atoms with Gasteiger partial charge in [-0.05, 0) is 46.6 Å². The molecule has 0 saturated carbocycles. The second-order valence-corrected chi connectivity index (χ2v) is 5.47. The molecule has 0 aromatic heterocycles. The van der Waals surface area contributed by atoms with Gasteiger partial charge in [0.25, 0.3) is 0 Å². The van der Waals surface area contributed by atoms with Crippen LogP contribution in [0.15, 0.2) is 12.2 Å². The van der Waals surface area contributed by atoms with Crippen molar-refractivity contribution in [1.29, 1.82) is 0 Å². The highest BCUT2D eigenvalue weighted by Gasteiger charge is 2.15. The number of hydrogen-bond acceptors (Lipinski definition) is 3. The van der Waals surface area contributed by atoms with Crippen LogP contribution in [0.1, 0.15) is 60.8 Å². The fourth-order valence-electron chi connectivity index (χ4n) is 0.880. The van der Waals surface area contributed by atoms with Crippen molar-refractivity contribution < 1.29 is 14.3 Å². The van der Waals surface area contributed by atoms with Gasteiger partial charge in [0.1, 0.15) is 5.60 Å². The predicted molar refractivity (Wildman–Crippen MR) is 79.3 cm³/mol. The van der Waals surface area contributed by atoms with Crippen LogP contribution < -0.4 is 5.32 Å². The predicted octanol–water partition coefficient (Wildman–Crippen LogP) is 3.85. The van der Waals surface area contributed by atoms with Gasteiger partial charge < -0.3 is 10.1 Å². The second-order valence-electron chi connectivity index (χ2n) is 5.47. The highest BCUT2D eigenvalue weighted by Crippen LogP contribution is 2.06. The average molecular weight is 271 g/mol. The van der Waals surface area contributed by atoms with E-state index in [1.54, 1.807) is 6.92 Å². The van der Waals surface area contributed by atoms with Gasteiger partial charge in [0.05, 0.1) is 0 Å². The molecule has 0 atom stereocenters. The molecule has 0 aliphatic heterocycles. The number of allylic oxidation sites excluding steroid dienone is 1. The number of carbonyl (C=O) groups excluding carboxylic acids is 2. The van der Waals surface area contributed by atoms with Crippen LogP contribution in [-0.2, 0) is 9.53 Å². The molecular formula is C15H29NO3. The Hall–Kier alpha value is -1.32. The minimum atomic E-state index is -0.394. The topological polar surface area (TPSA) is 55.4 Å². The number of nitrogens with one attached hydrogen (secondary N) is 1. The molecule has 0 heterocycles. The van der Waals surface area contributed by atoms with Crippen molar-refractivity contribution in [3.05, 3.63) is 12.2 Å². The normalized spacial score (nSPS) is 10.0. The minimum Gasteiger partial charge on any atom is -0.444 e. The van der Waals surface area contributed by atoms with Gasteiger partial charge in [0.15, 0.2) is 5.78 Å². The molecule has 0 aliphatic carbocycles. The first-order valence-corrected chi connectivity index (χ1v) is 6.73. The largest absolute Gasteiger partial charge is 0.444 e. The molecule has 0 spiro atoms. The molecule has 4 heteroatoms. The Kier molecular flexibility index (Phi) is 11.1. The molecule has 112 valence electrons. The van der Waals surface area contributed by atoms with Crippen LogP contribution in [0.3, 0.4) is 0 Å². The molecule has 0 radical (unpaired) electrons. The molecule has 0 unspecified atom stereocenters. The Labute approximate surface area is 117 Å². The van der Waals surface area contributed by atoms with E-state index in [0.29, 0.717) is 12.1 Å². The van der Waals surface area contributed by atoms with Gasteiger partial charge in [-0.3, -0.25) is 4.79 Å². The lowest BCUT2D eigenvalue weighted by Crippen LogP contribution is -2.32. The fourth-order valence-corrected chi connectivity index (χ4v) is 0.880. The number of amides is 1. The zero-order chi connectivity index (χ0) is 15.5. The molecule has 19 heavy (non-hydrogen) atoms. The summed E-state index contributed by atoms with van der Waals surface area (Å²) in [6, 6.07) is 0. The Morgan fingerprint density at radius 3 is 1.95 bits per heavy atom. The quantitative estimate of drug-likeness (QED) is 0.610. The van der Waals surface area contributed by atoms with Gasteiger partial charge in [-0.25, -0.2) is 4.79 Å². The number of hydrogen-bond donors (Lipinski definition) is 1. The lowest BCUT2D eigenvalue weighted by atomic mass is 10.2. The van der Waals surface area contributed by atoms with Crippen molar-refractivity contribution in [3.63, 3.8) is 0 Å². The third-order valence-corrected chi connectivity index (χ3v) is 2.05. The van der Waals surface area contributed by atoms with Gasteiger partial charge >= 0.3 is 6.09 Å². The SMILES string of the molecule is C=C(C)C(C)=O.CCCCCNC(=O)OC(C)(C)C. The van der Waals surface area contributed by atoms with E-state index in [0.717, 1.165) is 19.3 Å². The lowest BCUT2D eigenvalue weighted by molar-refractivity contribution is -0.113. The Morgan fingerprint density at radius 1 is 1.16 bits per heavy atom. The van der Waals surface area contributed by atoms with E-state index in [2.05, 4.69) is 18.8 Å². The third-order valence-electron chi connectivity index (χ3n) is 2.05. The molecule has 0 aliphatic rings. The Morgan fingerprint density at radius 2 is 1.63 bits per heavy atom. The standard InChI is InChI=1S/C10H21NO2.C5H8O/c1-5-6-7-8-11-9(12)13-10(2,3)4;1-4(2)5(3)6/h5-8H2,1-4H3,(H,11,12);1H2,2-3H3. The Balaban J connectivity index is 0. The van der Waals surface area contributed by atoms with Crippen LogP contribution in [-0.4, -0.2) is 24.0 Å². The summed E-state index contributed by atoms with van der Waals surface area (Å²) in [4.78, 5) is 21.1. The van der Waals surface area contributed by atoms with Crippen LogP contribution >= 0.6 is 0 Å². The van der Waals surface area contributed by atoms with Gasteiger partial charge in [-0.2, -0.15) is 0 Å². The number of unbranched alkanes of at least 4 members (excludes halogenated alkanes) is 2. The first-order valence-electron chi connectivity index (χ1n) is 6.73. The summed E-state index contributed by atoms with van der Waals surface area (Å²) >= 11 is 0. The van der Waals surface area contributed by atoms with Gasteiger partial charge in [-0.15, -0.1) is 0 Å². The summed E-state index contributed by atoms with van der Waals surface area (Å²) in [6.07, 6.45) is 3.02. The average Bonchev–Trinajstić information content (AvgIpc) is 2.22. The van der Waals surface area contributed by atoms with Gasteiger partial charge in [-0.1, -0.05) is 26.3 Å². The smallest absolute Gasteiger partial charge is 0.407 e. The first kappa shape index (κ1) is 20.0. The van der Waals surface area contributed by atoms with E-state index in [1.807, 2.05) is 20.8 Å².